The van der Waals surface area contributed by atoms with Crippen molar-refractivity contribution in [3.63, 3.8) is 0 Å². The van der Waals surface area contributed by atoms with Gasteiger partial charge in [0.15, 0.2) is 0 Å². The van der Waals surface area contributed by atoms with Crippen LogP contribution >= 0.6 is 0 Å². The lowest BCUT2D eigenvalue weighted by molar-refractivity contribution is -0.00241. The van der Waals surface area contributed by atoms with Crippen LogP contribution in [0.3, 0.4) is 0 Å². The summed E-state index contributed by atoms with van der Waals surface area (Å²) in [7, 11) is 2.11. The van der Waals surface area contributed by atoms with Crippen LogP contribution in [0.15, 0.2) is 30.3 Å². The number of amides is 2. The molecular formula is C24H37N3O4. The average Bonchev–Trinajstić information content (AvgIpc) is 2.74. The van der Waals surface area contributed by atoms with Crippen LogP contribution in [-0.4, -0.2) is 77.8 Å². The van der Waals surface area contributed by atoms with Crippen molar-refractivity contribution in [1.82, 2.24) is 14.7 Å². The number of ether oxygens (including phenoxy) is 2. The minimum absolute atomic E-state index is 0.0575. The van der Waals surface area contributed by atoms with Gasteiger partial charge in [-0.3, -0.25) is 0 Å². The first-order valence-electron chi connectivity index (χ1n) is 11.4. The van der Waals surface area contributed by atoms with Crippen molar-refractivity contribution in [3.05, 3.63) is 35.9 Å². The molecule has 0 aromatic heterocycles. The molecule has 2 aliphatic heterocycles. The van der Waals surface area contributed by atoms with E-state index in [1.54, 1.807) is 4.90 Å². The molecule has 7 heteroatoms. The summed E-state index contributed by atoms with van der Waals surface area (Å²) in [6.45, 7) is 8.93. The molecule has 2 saturated heterocycles. The number of piperidine rings is 2. The van der Waals surface area contributed by atoms with Crippen molar-refractivity contribution < 1.29 is 19.1 Å². The largest absolute Gasteiger partial charge is 0.445 e. The van der Waals surface area contributed by atoms with Crippen LogP contribution in [0.2, 0.25) is 0 Å². The van der Waals surface area contributed by atoms with Gasteiger partial charge in [0.25, 0.3) is 0 Å². The van der Waals surface area contributed by atoms with E-state index in [4.69, 9.17) is 9.47 Å². The van der Waals surface area contributed by atoms with Crippen LogP contribution < -0.4 is 0 Å². The Morgan fingerprint density at radius 3 is 2.35 bits per heavy atom. The second-order valence-corrected chi connectivity index (χ2v) is 9.70. The van der Waals surface area contributed by atoms with Gasteiger partial charge in [-0.1, -0.05) is 30.3 Å². The number of hydrogen-bond acceptors (Lipinski definition) is 5. The topological polar surface area (TPSA) is 62.3 Å². The standard InChI is InChI=1S/C24H37N3O4/c1-24(2,3)31-22(28)26-14-8-11-21(17-26)27(20-12-15-25(4)16-13-20)23(29)30-18-19-9-6-5-7-10-19/h5-7,9-10,20-21H,8,11-18H2,1-4H3/t21-/m0/s1. The fourth-order valence-electron chi connectivity index (χ4n) is 4.34. The molecule has 2 heterocycles. The van der Waals surface area contributed by atoms with E-state index >= 15 is 0 Å². The highest BCUT2D eigenvalue weighted by molar-refractivity contribution is 5.70. The minimum Gasteiger partial charge on any atom is -0.445 e. The first-order valence-corrected chi connectivity index (χ1v) is 11.4. The Kier molecular flexibility index (Phi) is 7.81. The summed E-state index contributed by atoms with van der Waals surface area (Å²) in [4.78, 5) is 31.9. The first-order chi connectivity index (χ1) is 14.7. The molecule has 2 aliphatic rings. The molecule has 7 nitrogen and oxygen atoms in total. The molecule has 31 heavy (non-hydrogen) atoms. The molecule has 172 valence electrons. The van der Waals surface area contributed by atoms with Gasteiger partial charge in [-0.25, -0.2) is 9.59 Å². The smallest absolute Gasteiger partial charge is 0.410 e. The molecule has 0 N–H and O–H groups in total. The number of carbonyl (C=O) groups is 2. The summed E-state index contributed by atoms with van der Waals surface area (Å²) in [5, 5.41) is 0. The monoisotopic (exact) mass is 431 g/mol. The van der Waals surface area contributed by atoms with Crippen molar-refractivity contribution >= 4 is 12.2 Å². The van der Waals surface area contributed by atoms with Gasteiger partial charge < -0.3 is 24.2 Å². The molecule has 0 radical (unpaired) electrons. The molecule has 0 bridgehead atoms. The number of carbonyl (C=O) groups excluding carboxylic acids is 2. The Hall–Kier alpha value is -2.28. The molecule has 0 spiro atoms. The van der Waals surface area contributed by atoms with E-state index in [0.717, 1.165) is 44.3 Å². The number of rotatable bonds is 4. The summed E-state index contributed by atoms with van der Waals surface area (Å²) in [6, 6.07) is 9.82. The van der Waals surface area contributed by atoms with Crippen molar-refractivity contribution in [2.24, 2.45) is 0 Å². The fourth-order valence-corrected chi connectivity index (χ4v) is 4.34. The summed E-state index contributed by atoms with van der Waals surface area (Å²) in [5.74, 6) is 0. The second kappa shape index (κ2) is 10.4. The van der Waals surface area contributed by atoms with Gasteiger partial charge in [-0.2, -0.15) is 0 Å². The highest BCUT2D eigenvalue weighted by Crippen LogP contribution is 2.26. The van der Waals surface area contributed by atoms with Crippen LogP contribution in [-0.2, 0) is 16.1 Å². The second-order valence-electron chi connectivity index (χ2n) is 9.70. The first kappa shape index (κ1) is 23.4. The Morgan fingerprint density at radius 1 is 1.03 bits per heavy atom. The quantitative estimate of drug-likeness (QED) is 0.718. The third-order valence-electron chi connectivity index (χ3n) is 5.94. The lowest BCUT2D eigenvalue weighted by Gasteiger charge is -2.44. The third-order valence-corrected chi connectivity index (χ3v) is 5.94. The van der Waals surface area contributed by atoms with Gasteiger partial charge in [0.05, 0.1) is 6.04 Å². The summed E-state index contributed by atoms with van der Waals surface area (Å²) < 4.78 is 11.3. The molecule has 1 aromatic carbocycles. The number of hydrogen-bond donors (Lipinski definition) is 0. The molecule has 0 aliphatic carbocycles. The summed E-state index contributed by atoms with van der Waals surface area (Å²) >= 11 is 0. The van der Waals surface area contributed by atoms with Gasteiger partial charge in [0, 0.05) is 19.1 Å². The number of benzene rings is 1. The SMILES string of the molecule is CN1CCC(N(C(=O)OCc2ccccc2)[C@H]2CCCN(C(=O)OC(C)(C)C)C2)CC1. The van der Waals surface area contributed by atoms with Crippen molar-refractivity contribution in [2.75, 3.05) is 33.2 Å². The van der Waals surface area contributed by atoms with Gasteiger partial charge >= 0.3 is 12.2 Å². The molecule has 2 amide bonds. The van der Waals surface area contributed by atoms with Crippen LogP contribution in [0.25, 0.3) is 0 Å². The Balaban J connectivity index is 1.70. The van der Waals surface area contributed by atoms with Gasteiger partial charge in [0.2, 0.25) is 0 Å². The van der Waals surface area contributed by atoms with Gasteiger partial charge in [0.1, 0.15) is 12.2 Å². The summed E-state index contributed by atoms with van der Waals surface area (Å²) in [5.41, 5.74) is 0.435. The maximum absolute atomic E-state index is 13.3. The highest BCUT2D eigenvalue weighted by Gasteiger charge is 2.37. The van der Waals surface area contributed by atoms with Crippen LogP contribution in [0, 0.1) is 0 Å². The fraction of sp³-hybridized carbons (Fsp3) is 0.667. The molecule has 0 unspecified atom stereocenters. The lowest BCUT2D eigenvalue weighted by Crippen LogP contribution is -2.57. The van der Waals surface area contributed by atoms with E-state index in [2.05, 4.69) is 11.9 Å². The van der Waals surface area contributed by atoms with E-state index in [1.165, 1.54) is 0 Å². The van der Waals surface area contributed by atoms with E-state index in [0.29, 0.717) is 13.1 Å². The predicted molar refractivity (Wildman–Crippen MR) is 120 cm³/mol. The average molecular weight is 432 g/mol. The highest BCUT2D eigenvalue weighted by atomic mass is 16.6. The van der Waals surface area contributed by atoms with Crippen molar-refractivity contribution in [3.8, 4) is 0 Å². The maximum Gasteiger partial charge on any atom is 0.410 e. The van der Waals surface area contributed by atoms with E-state index in [9.17, 15) is 9.59 Å². The van der Waals surface area contributed by atoms with Gasteiger partial charge in [-0.15, -0.1) is 0 Å². The normalized spacial score (nSPS) is 20.9. The third kappa shape index (κ3) is 6.86. The Bertz CT molecular complexity index is 726. The molecule has 1 atom stereocenters. The number of nitrogens with zero attached hydrogens (tertiary/aromatic N) is 3. The maximum atomic E-state index is 13.3. The zero-order chi connectivity index (χ0) is 22.4. The van der Waals surface area contributed by atoms with Crippen LogP contribution in [0.1, 0.15) is 52.0 Å². The van der Waals surface area contributed by atoms with E-state index < -0.39 is 5.60 Å². The molecule has 0 saturated carbocycles. The molecule has 3 rings (SSSR count). The van der Waals surface area contributed by atoms with Crippen LogP contribution in [0.5, 0.6) is 0 Å². The number of likely N-dealkylation sites (tertiary alicyclic amines) is 2. The van der Waals surface area contributed by atoms with Crippen LogP contribution in [0.4, 0.5) is 9.59 Å². The zero-order valence-corrected chi connectivity index (χ0v) is 19.4. The zero-order valence-electron chi connectivity index (χ0n) is 19.4. The van der Waals surface area contributed by atoms with E-state index in [-0.39, 0.29) is 30.9 Å². The molecule has 2 fully saturated rings. The Morgan fingerprint density at radius 2 is 1.71 bits per heavy atom. The van der Waals surface area contributed by atoms with Gasteiger partial charge in [-0.05, 0) is 72.2 Å². The molecule has 1 aromatic rings. The van der Waals surface area contributed by atoms with Crippen molar-refractivity contribution in [2.45, 2.75) is 70.7 Å². The lowest BCUT2D eigenvalue weighted by atomic mass is 9.98. The minimum atomic E-state index is -0.535. The summed E-state index contributed by atoms with van der Waals surface area (Å²) in [6.07, 6.45) is 2.96. The Labute approximate surface area is 186 Å². The van der Waals surface area contributed by atoms with Crippen molar-refractivity contribution in [1.29, 1.82) is 0 Å². The molecular weight excluding hydrogens is 394 g/mol. The van der Waals surface area contributed by atoms with E-state index in [1.807, 2.05) is 56.0 Å². The predicted octanol–water partition coefficient (Wildman–Crippen LogP) is 4.12.